The van der Waals surface area contributed by atoms with Crippen LogP contribution in [0.1, 0.15) is 26.7 Å². The number of carbonyl (C=O) groups excluding carboxylic acids is 1. The van der Waals surface area contributed by atoms with Crippen LogP contribution in [0, 0.1) is 11.8 Å². The monoisotopic (exact) mass is 217 g/mol. The highest BCUT2D eigenvalue weighted by atomic mass is 16.4. The van der Waals surface area contributed by atoms with Gasteiger partial charge >= 0.3 is 5.97 Å². The minimum absolute atomic E-state index is 0.132. The van der Waals surface area contributed by atoms with Crippen molar-refractivity contribution in [3.8, 4) is 0 Å². The Morgan fingerprint density at radius 3 is 2.33 bits per heavy atom. The van der Waals surface area contributed by atoms with Crippen molar-refractivity contribution in [3.63, 3.8) is 0 Å². The molecule has 0 aliphatic rings. The summed E-state index contributed by atoms with van der Waals surface area (Å²) in [5, 5.41) is 19.7. The van der Waals surface area contributed by atoms with E-state index in [1.807, 2.05) is 13.8 Å². The lowest BCUT2D eigenvalue weighted by Crippen LogP contribution is -2.34. The van der Waals surface area contributed by atoms with Crippen LogP contribution in [0.25, 0.3) is 0 Å². The molecule has 0 radical (unpaired) electrons. The van der Waals surface area contributed by atoms with Crippen LogP contribution in [0.2, 0.25) is 0 Å². The summed E-state index contributed by atoms with van der Waals surface area (Å²) in [4.78, 5) is 22.0. The highest BCUT2D eigenvalue weighted by molar-refractivity contribution is 5.83. The van der Waals surface area contributed by atoms with E-state index < -0.39 is 11.9 Å². The van der Waals surface area contributed by atoms with Crippen LogP contribution >= 0.6 is 0 Å². The molecule has 0 saturated heterocycles. The highest BCUT2D eigenvalue weighted by Gasteiger charge is 2.22. The number of carboxylic acids is 1. The number of nitrogens with one attached hydrogen (secondary N) is 1. The number of hydrogen-bond donors (Lipinski definition) is 3. The van der Waals surface area contributed by atoms with Gasteiger partial charge in [0.15, 0.2) is 0 Å². The van der Waals surface area contributed by atoms with Crippen LogP contribution in [0.3, 0.4) is 0 Å². The zero-order chi connectivity index (χ0) is 11.8. The average molecular weight is 217 g/mol. The molecule has 1 amide bonds. The van der Waals surface area contributed by atoms with E-state index in [4.69, 9.17) is 10.2 Å². The van der Waals surface area contributed by atoms with E-state index >= 15 is 0 Å². The molecular formula is C10H19NO4. The number of carbonyl (C=O) groups is 2. The third kappa shape index (κ3) is 6.90. The van der Waals surface area contributed by atoms with Gasteiger partial charge in [-0.05, 0) is 12.3 Å². The zero-order valence-corrected chi connectivity index (χ0v) is 9.19. The highest BCUT2D eigenvalue weighted by Crippen LogP contribution is 2.15. The molecule has 0 heterocycles. The first-order chi connectivity index (χ1) is 6.97. The Bertz CT molecular complexity index is 215. The van der Waals surface area contributed by atoms with E-state index in [9.17, 15) is 9.59 Å². The maximum Gasteiger partial charge on any atom is 0.304 e. The van der Waals surface area contributed by atoms with Crippen molar-refractivity contribution in [2.24, 2.45) is 11.8 Å². The Morgan fingerprint density at radius 2 is 1.93 bits per heavy atom. The van der Waals surface area contributed by atoms with Crippen LogP contribution in [-0.2, 0) is 9.59 Å². The van der Waals surface area contributed by atoms with Crippen molar-refractivity contribution in [3.05, 3.63) is 0 Å². The summed E-state index contributed by atoms with van der Waals surface area (Å²) in [6.45, 7) is 3.92. The molecule has 0 rings (SSSR count). The Hall–Kier alpha value is -1.10. The molecule has 0 aromatic rings. The number of carboxylic acid groups (broad SMARTS) is 1. The van der Waals surface area contributed by atoms with Gasteiger partial charge in [-0.3, -0.25) is 9.59 Å². The minimum Gasteiger partial charge on any atom is -0.481 e. The van der Waals surface area contributed by atoms with Gasteiger partial charge in [0.25, 0.3) is 0 Å². The van der Waals surface area contributed by atoms with Gasteiger partial charge in [-0.25, -0.2) is 0 Å². The lowest BCUT2D eigenvalue weighted by atomic mass is 9.93. The fraction of sp³-hybridized carbons (Fsp3) is 0.800. The molecule has 3 N–H and O–H groups in total. The SMILES string of the molecule is CC(C)C[C@H](CC(=O)O)C(=O)NCCO. The van der Waals surface area contributed by atoms with Crippen molar-refractivity contribution in [2.75, 3.05) is 13.2 Å². The number of rotatable bonds is 7. The first kappa shape index (κ1) is 13.9. The normalized spacial score (nSPS) is 12.5. The maximum absolute atomic E-state index is 11.5. The lowest BCUT2D eigenvalue weighted by Gasteiger charge is -2.16. The van der Waals surface area contributed by atoms with Gasteiger partial charge in [0, 0.05) is 12.5 Å². The van der Waals surface area contributed by atoms with Gasteiger partial charge in [0.2, 0.25) is 5.91 Å². The van der Waals surface area contributed by atoms with Crippen LogP contribution in [0.4, 0.5) is 0 Å². The van der Waals surface area contributed by atoms with Crippen molar-refractivity contribution in [2.45, 2.75) is 26.7 Å². The summed E-state index contributed by atoms with van der Waals surface area (Å²) >= 11 is 0. The van der Waals surface area contributed by atoms with E-state index in [0.717, 1.165) is 0 Å². The molecule has 88 valence electrons. The number of aliphatic hydroxyl groups is 1. The predicted molar refractivity (Wildman–Crippen MR) is 55.3 cm³/mol. The zero-order valence-electron chi connectivity index (χ0n) is 9.19. The molecule has 0 fully saturated rings. The predicted octanol–water partition coefficient (Wildman–Crippen LogP) is 0.232. The number of hydrogen-bond acceptors (Lipinski definition) is 3. The molecular weight excluding hydrogens is 198 g/mol. The lowest BCUT2D eigenvalue weighted by molar-refractivity contribution is -0.141. The molecule has 15 heavy (non-hydrogen) atoms. The molecule has 5 nitrogen and oxygen atoms in total. The summed E-state index contributed by atoms with van der Waals surface area (Å²) < 4.78 is 0. The second kappa shape index (κ2) is 7.23. The topological polar surface area (TPSA) is 86.6 Å². The molecule has 0 aliphatic heterocycles. The van der Waals surface area contributed by atoms with Crippen LogP contribution in [0.5, 0.6) is 0 Å². The van der Waals surface area contributed by atoms with Gasteiger partial charge < -0.3 is 15.5 Å². The smallest absolute Gasteiger partial charge is 0.304 e. The molecule has 0 spiro atoms. The Kier molecular flexibility index (Phi) is 6.70. The van der Waals surface area contributed by atoms with Gasteiger partial charge in [-0.15, -0.1) is 0 Å². The molecule has 0 aromatic carbocycles. The molecule has 0 aromatic heterocycles. The summed E-state index contributed by atoms with van der Waals surface area (Å²) in [5.41, 5.74) is 0. The fourth-order valence-electron chi connectivity index (χ4n) is 1.39. The number of amides is 1. The van der Waals surface area contributed by atoms with E-state index in [2.05, 4.69) is 5.32 Å². The minimum atomic E-state index is -0.972. The van der Waals surface area contributed by atoms with E-state index in [-0.39, 0.29) is 31.4 Å². The van der Waals surface area contributed by atoms with Crippen molar-refractivity contribution in [1.82, 2.24) is 5.32 Å². The first-order valence-corrected chi connectivity index (χ1v) is 5.07. The van der Waals surface area contributed by atoms with Crippen molar-refractivity contribution in [1.29, 1.82) is 0 Å². The van der Waals surface area contributed by atoms with Gasteiger partial charge in [0.1, 0.15) is 0 Å². The van der Waals surface area contributed by atoms with Gasteiger partial charge in [-0.2, -0.15) is 0 Å². The van der Waals surface area contributed by atoms with Crippen molar-refractivity contribution >= 4 is 11.9 Å². The molecule has 1 atom stereocenters. The largest absolute Gasteiger partial charge is 0.481 e. The molecule has 0 unspecified atom stereocenters. The molecule has 5 heteroatoms. The second-order valence-electron chi connectivity index (χ2n) is 3.94. The van der Waals surface area contributed by atoms with Gasteiger partial charge in [0.05, 0.1) is 13.0 Å². The number of aliphatic hydroxyl groups excluding tert-OH is 1. The van der Waals surface area contributed by atoms with E-state index in [0.29, 0.717) is 6.42 Å². The van der Waals surface area contributed by atoms with E-state index in [1.165, 1.54) is 0 Å². The molecule has 0 saturated carbocycles. The first-order valence-electron chi connectivity index (χ1n) is 5.07. The standard InChI is InChI=1S/C10H19NO4/c1-7(2)5-8(6-9(13)14)10(15)11-3-4-12/h7-8,12H,3-6H2,1-2H3,(H,11,15)(H,13,14)/t8-/m1/s1. The average Bonchev–Trinajstić information content (AvgIpc) is 2.11. The third-order valence-electron chi connectivity index (χ3n) is 1.96. The van der Waals surface area contributed by atoms with Gasteiger partial charge in [-0.1, -0.05) is 13.8 Å². The Labute approximate surface area is 89.5 Å². The van der Waals surface area contributed by atoms with Crippen molar-refractivity contribution < 1.29 is 19.8 Å². The summed E-state index contributed by atoms with van der Waals surface area (Å²) in [6, 6.07) is 0. The number of aliphatic carboxylic acids is 1. The summed E-state index contributed by atoms with van der Waals surface area (Å²) in [6.07, 6.45) is 0.388. The van der Waals surface area contributed by atoms with Crippen LogP contribution < -0.4 is 5.32 Å². The Morgan fingerprint density at radius 1 is 1.33 bits per heavy atom. The summed E-state index contributed by atoms with van der Waals surface area (Å²) in [5.74, 6) is -1.50. The molecule has 0 bridgehead atoms. The Balaban J connectivity index is 4.20. The quantitative estimate of drug-likeness (QED) is 0.570. The third-order valence-corrected chi connectivity index (χ3v) is 1.96. The maximum atomic E-state index is 11.5. The summed E-state index contributed by atoms with van der Waals surface area (Å²) in [7, 11) is 0. The second-order valence-corrected chi connectivity index (χ2v) is 3.94. The molecule has 0 aliphatic carbocycles. The van der Waals surface area contributed by atoms with E-state index in [1.54, 1.807) is 0 Å². The van der Waals surface area contributed by atoms with Crippen LogP contribution in [-0.4, -0.2) is 35.2 Å². The fourth-order valence-corrected chi connectivity index (χ4v) is 1.39. The van der Waals surface area contributed by atoms with Crippen LogP contribution in [0.15, 0.2) is 0 Å².